The Hall–Kier alpha value is -0.610. The van der Waals surface area contributed by atoms with Crippen LogP contribution >= 0.6 is 11.3 Å². The van der Waals surface area contributed by atoms with Crippen molar-refractivity contribution in [3.63, 3.8) is 0 Å². The Morgan fingerprint density at radius 1 is 1.67 bits per heavy atom. The third kappa shape index (κ3) is 2.69. The van der Waals surface area contributed by atoms with Crippen LogP contribution < -0.4 is 10.2 Å². The molecule has 84 valence electrons. The van der Waals surface area contributed by atoms with Crippen LogP contribution in [0.2, 0.25) is 0 Å². The highest BCUT2D eigenvalue weighted by molar-refractivity contribution is 7.13. The van der Waals surface area contributed by atoms with Gasteiger partial charge in [0.15, 0.2) is 5.13 Å². The second-order valence-electron chi connectivity index (χ2n) is 4.35. The van der Waals surface area contributed by atoms with Crippen molar-refractivity contribution in [1.29, 1.82) is 0 Å². The van der Waals surface area contributed by atoms with Gasteiger partial charge in [-0.05, 0) is 25.8 Å². The van der Waals surface area contributed by atoms with Crippen LogP contribution in [0.5, 0.6) is 0 Å². The predicted molar refractivity (Wildman–Crippen MR) is 65.5 cm³/mol. The van der Waals surface area contributed by atoms with Crippen LogP contribution in [0.4, 0.5) is 5.13 Å². The Labute approximate surface area is 95.5 Å². The minimum atomic E-state index is 0.815. The van der Waals surface area contributed by atoms with Gasteiger partial charge in [0.05, 0.1) is 5.69 Å². The normalized spacial score (nSPS) is 22.0. The average molecular weight is 225 g/mol. The maximum absolute atomic E-state index is 4.64. The van der Waals surface area contributed by atoms with Gasteiger partial charge < -0.3 is 10.2 Å². The number of aromatic nitrogens is 1. The number of hydrogen-bond donors (Lipinski definition) is 1. The van der Waals surface area contributed by atoms with Crippen LogP contribution in [-0.2, 0) is 6.54 Å². The van der Waals surface area contributed by atoms with Crippen molar-refractivity contribution in [3.05, 3.63) is 11.1 Å². The van der Waals surface area contributed by atoms with Crippen LogP contribution in [-0.4, -0.2) is 25.1 Å². The minimum absolute atomic E-state index is 0.815. The largest absolute Gasteiger partial charge is 0.348 e. The molecule has 1 fully saturated rings. The van der Waals surface area contributed by atoms with Crippen molar-refractivity contribution in [2.24, 2.45) is 5.92 Å². The van der Waals surface area contributed by atoms with E-state index in [2.05, 4.69) is 27.5 Å². The van der Waals surface area contributed by atoms with Crippen molar-refractivity contribution in [2.45, 2.75) is 26.3 Å². The molecule has 2 heterocycles. The highest BCUT2D eigenvalue weighted by atomic mass is 32.1. The Morgan fingerprint density at radius 2 is 2.53 bits per heavy atom. The van der Waals surface area contributed by atoms with Gasteiger partial charge >= 0.3 is 0 Å². The molecule has 2 rings (SSSR count). The summed E-state index contributed by atoms with van der Waals surface area (Å²) in [6.45, 7) is 5.55. The second-order valence-corrected chi connectivity index (χ2v) is 5.18. The molecule has 1 aliphatic heterocycles. The summed E-state index contributed by atoms with van der Waals surface area (Å²) >= 11 is 1.77. The van der Waals surface area contributed by atoms with E-state index in [0.29, 0.717) is 0 Å². The van der Waals surface area contributed by atoms with Crippen molar-refractivity contribution in [3.8, 4) is 0 Å². The lowest BCUT2D eigenvalue weighted by molar-refractivity contribution is 0.446. The quantitative estimate of drug-likeness (QED) is 0.854. The minimum Gasteiger partial charge on any atom is -0.348 e. The van der Waals surface area contributed by atoms with Gasteiger partial charge in [-0.3, -0.25) is 0 Å². The van der Waals surface area contributed by atoms with E-state index < -0.39 is 0 Å². The summed E-state index contributed by atoms with van der Waals surface area (Å²) in [5.41, 5.74) is 1.16. The number of anilines is 1. The Balaban J connectivity index is 2.01. The fourth-order valence-electron chi connectivity index (χ4n) is 2.07. The number of hydrogen-bond acceptors (Lipinski definition) is 4. The molecule has 0 radical (unpaired) electrons. The summed E-state index contributed by atoms with van der Waals surface area (Å²) in [5.74, 6) is 0.815. The van der Waals surface area contributed by atoms with Crippen LogP contribution in [0.25, 0.3) is 0 Å². The molecule has 0 spiro atoms. The van der Waals surface area contributed by atoms with E-state index in [-0.39, 0.29) is 0 Å². The van der Waals surface area contributed by atoms with E-state index in [1.54, 1.807) is 11.3 Å². The summed E-state index contributed by atoms with van der Waals surface area (Å²) in [5, 5.41) is 6.49. The van der Waals surface area contributed by atoms with E-state index in [1.807, 2.05) is 7.05 Å². The Bertz CT molecular complexity index is 311. The lowest BCUT2D eigenvalue weighted by Crippen LogP contribution is -2.34. The molecule has 1 atom stereocenters. The van der Waals surface area contributed by atoms with E-state index in [1.165, 1.54) is 31.1 Å². The van der Waals surface area contributed by atoms with Crippen molar-refractivity contribution in [2.75, 3.05) is 25.0 Å². The SMILES string of the molecule is CNCc1csc(N2CCCC(C)C2)n1. The molecular weight excluding hydrogens is 206 g/mol. The van der Waals surface area contributed by atoms with Crippen molar-refractivity contribution in [1.82, 2.24) is 10.3 Å². The van der Waals surface area contributed by atoms with Crippen LogP contribution in [0, 0.1) is 5.92 Å². The van der Waals surface area contributed by atoms with E-state index in [4.69, 9.17) is 0 Å². The first-order chi connectivity index (χ1) is 7.29. The molecule has 0 saturated carbocycles. The topological polar surface area (TPSA) is 28.2 Å². The lowest BCUT2D eigenvalue weighted by Gasteiger charge is -2.30. The molecule has 4 heteroatoms. The highest BCUT2D eigenvalue weighted by Gasteiger charge is 2.18. The fourth-order valence-corrected chi connectivity index (χ4v) is 2.93. The molecule has 3 nitrogen and oxygen atoms in total. The molecule has 1 aromatic heterocycles. The zero-order chi connectivity index (χ0) is 10.7. The number of thiazole rings is 1. The molecule has 1 N–H and O–H groups in total. The van der Waals surface area contributed by atoms with Crippen molar-refractivity contribution >= 4 is 16.5 Å². The molecule has 0 aromatic carbocycles. The lowest BCUT2D eigenvalue weighted by atomic mass is 10.0. The highest BCUT2D eigenvalue weighted by Crippen LogP contribution is 2.25. The van der Waals surface area contributed by atoms with E-state index in [0.717, 1.165) is 18.2 Å². The van der Waals surface area contributed by atoms with Gasteiger partial charge in [0.25, 0.3) is 0 Å². The molecule has 15 heavy (non-hydrogen) atoms. The van der Waals surface area contributed by atoms with Gasteiger partial charge in [-0.2, -0.15) is 0 Å². The van der Waals surface area contributed by atoms with Gasteiger partial charge in [-0.1, -0.05) is 6.92 Å². The number of nitrogens with zero attached hydrogens (tertiary/aromatic N) is 2. The summed E-state index contributed by atoms with van der Waals surface area (Å²) in [4.78, 5) is 7.07. The number of nitrogens with one attached hydrogen (secondary N) is 1. The fraction of sp³-hybridized carbons (Fsp3) is 0.727. The Morgan fingerprint density at radius 3 is 3.27 bits per heavy atom. The molecular formula is C11H19N3S. The van der Waals surface area contributed by atoms with Gasteiger partial charge in [-0.15, -0.1) is 11.3 Å². The van der Waals surface area contributed by atoms with Crippen LogP contribution in [0.15, 0.2) is 5.38 Å². The summed E-state index contributed by atoms with van der Waals surface area (Å²) in [6, 6.07) is 0. The summed E-state index contributed by atoms with van der Waals surface area (Å²) in [6.07, 6.45) is 2.67. The van der Waals surface area contributed by atoms with Gasteiger partial charge in [0, 0.05) is 25.0 Å². The van der Waals surface area contributed by atoms with Crippen molar-refractivity contribution < 1.29 is 0 Å². The van der Waals surface area contributed by atoms with Gasteiger partial charge in [0.1, 0.15) is 0 Å². The van der Waals surface area contributed by atoms with Crippen LogP contribution in [0.3, 0.4) is 0 Å². The molecule has 0 aliphatic carbocycles. The molecule has 1 aromatic rings. The second kappa shape index (κ2) is 4.94. The number of piperidine rings is 1. The first kappa shape index (κ1) is 10.9. The first-order valence-electron chi connectivity index (χ1n) is 5.63. The third-order valence-corrected chi connectivity index (χ3v) is 3.78. The molecule has 1 aliphatic rings. The zero-order valence-electron chi connectivity index (χ0n) is 9.49. The summed E-state index contributed by atoms with van der Waals surface area (Å²) < 4.78 is 0. The van der Waals surface area contributed by atoms with E-state index >= 15 is 0 Å². The average Bonchev–Trinajstić information content (AvgIpc) is 2.67. The summed E-state index contributed by atoms with van der Waals surface area (Å²) in [7, 11) is 1.96. The zero-order valence-corrected chi connectivity index (χ0v) is 10.3. The maximum Gasteiger partial charge on any atom is 0.185 e. The van der Waals surface area contributed by atoms with Crippen LogP contribution in [0.1, 0.15) is 25.5 Å². The molecule has 0 bridgehead atoms. The molecule has 1 unspecified atom stereocenters. The predicted octanol–water partition coefficient (Wildman–Crippen LogP) is 2.10. The van der Waals surface area contributed by atoms with E-state index in [9.17, 15) is 0 Å². The molecule has 0 amide bonds. The van der Waals surface area contributed by atoms with Gasteiger partial charge in [0.2, 0.25) is 0 Å². The Kier molecular flexibility index (Phi) is 3.59. The standard InChI is InChI=1S/C11H19N3S/c1-9-4-3-5-14(7-9)11-13-10(6-12-2)8-15-11/h8-9,12H,3-7H2,1-2H3. The maximum atomic E-state index is 4.64. The van der Waals surface area contributed by atoms with Gasteiger partial charge in [-0.25, -0.2) is 4.98 Å². The first-order valence-corrected chi connectivity index (χ1v) is 6.51. The monoisotopic (exact) mass is 225 g/mol. The molecule has 1 saturated heterocycles. The number of rotatable bonds is 3. The third-order valence-electron chi connectivity index (χ3n) is 2.83. The smallest absolute Gasteiger partial charge is 0.185 e.